The number of pyridine rings is 2. The quantitative estimate of drug-likeness (QED) is 0.232. The molecule has 0 spiro atoms. The molecule has 4 aromatic rings. The number of fused-ring (bicyclic) bond motifs is 1. The van der Waals surface area contributed by atoms with Crippen molar-refractivity contribution < 1.29 is 32.0 Å². The van der Waals surface area contributed by atoms with E-state index in [2.05, 4.69) is 20.1 Å². The number of oxime groups is 1. The minimum atomic E-state index is -4.64. The Hall–Kier alpha value is -4.52. The van der Waals surface area contributed by atoms with Crippen LogP contribution in [-0.2, 0) is 11.0 Å². The standard InChI is InChI=1S/C29H29F3N6O4/c1-16(33)26-25(28(39)38-14-11-17(12-15-38)23(37-41-3)20-6-4-5-13-34-20)36-27(42-26)19-7-9-21(40-2)24-18(19)8-10-22(35-24)29(30,31)32/h4-10,13,16-17H,11-12,14-15,33H2,1-3H3/b37-23+/t16-/m1/s1. The molecule has 3 aromatic heterocycles. The molecule has 0 unspecified atom stereocenters. The lowest BCUT2D eigenvalue weighted by Crippen LogP contribution is -2.41. The number of rotatable bonds is 7. The number of piperidine rings is 1. The summed E-state index contributed by atoms with van der Waals surface area (Å²) in [7, 11) is 2.83. The van der Waals surface area contributed by atoms with E-state index >= 15 is 0 Å². The maximum absolute atomic E-state index is 13.7. The number of hydrogen-bond donors (Lipinski definition) is 1. The fourth-order valence-electron chi connectivity index (χ4n) is 5.06. The van der Waals surface area contributed by atoms with E-state index in [9.17, 15) is 18.0 Å². The van der Waals surface area contributed by atoms with Crippen molar-refractivity contribution in [3.8, 4) is 17.2 Å². The number of methoxy groups -OCH3 is 1. The largest absolute Gasteiger partial charge is 0.494 e. The van der Waals surface area contributed by atoms with E-state index in [4.69, 9.17) is 19.7 Å². The number of carbonyl (C=O) groups excluding carboxylic acids is 1. The number of hydrogen-bond acceptors (Lipinski definition) is 9. The molecule has 1 fully saturated rings. The Morgan fingerprint density at radius 2 is 1.88 bits per heavy atom. The van der Waals surface area contributed by atoms with Gasteiger partial charge in [0.15, 0.2) is 11.5 Å². The van der Waals surface area contributed by atoms with Gasteiger partial charge in [0.2, 0.25) is 5.89 Å². The Kier molecular flexibility index (Phi) is 8.12. The molecule has 1 aliphatic heterocycles. The first-order valence-corrected chi connectivity index (χ1v) is 13.3. The van der Waals surface area contributed by atoms with E-state index in [1.165, 1.54) is 26.4 Å². The van der Waals surface area contributed by atoms with Crippen LogP contribution in [0.3, 0.4) is 0 Å². The summed E-state index contributed by atoms with van der Waals surface area (Å²) in [5.74, 6) is 0.0501. The smallest absolute Gasteiger partial charge is 0.433 e. The molecule has 2 N–H and O–H groups in total. The van der Waals surface area contributed by atoms with Gasteiger partial charge < -0.3 is 24.6 Å². The number of nitrogens with zero attached hydrogens (tertiary/aromatic N) is 5. The van der Waals surface area contributed by atoms with Crippen molar-refractivity contribution in [1.29, 1.82) is 0 Å². The molecule has 42 heavy (non-hydrogen) atoms. The van der Waals surface area contributed by atoms with Crippen LogP contribution in [0.5, 0.6) is 5.75 Å². The Balaban J connectivity index is 1.44. The Labute approximate surface area is 239 Å². The van der Waals surface area contributed by atoms with Crippen molar-refractivity contribution >= 4 is 22.5 Å². The Bertz CT molecular complexity index is 1610. The normalized spacial score (nSPS) is 15.6. The number of nitrogens with two attached hydrogens (primary N) is 1. The van der Waals surface area contributed by atoms with Gasteiger partial charge in [-0.15, -0.1) is 0 Å². The number of halogens is 3. The first-order valence-electron chi connectivity index (χ1n) is 13.3. The highest BCUT2D eigenvalue weighted by molar-refractivity contribution is 6.01. The van der Waals surface area contributed by atoms with Crippen molar-refractivity contribution in [2.75, 3.05) is 27.3 Å². The first-order chi connectivity index (χ1) is 20.1. The zero-order chi connectivity index (χ0) is 30.0. The molecule has 4 heterocycles. The van der Waals surface area contributed by atoms with E-state index in [1.54, 1.807) is 24.1 Å². The SMILES string of the molecule is CO/N=C(/c1ccccn1)C1CCN(C(=O)c2nc(-c3ccc(OC)c4nc(C(F)(F)F)ccc34)oc2[C@@H](C)N)CC1. The highest BCUT2D eigenvalue weighted by Gasteiger charge is 2.34. The van der Waals surface area contributed by atoms with Crippen LogP contribution >= 0.6 is 0 Å². The summed E-state index contributed by atoms with van der Waals surface area (Å²) in [6.07, 6.45) is -1.70. The van der Waals surface area contributed by atoms with Crippen LogP contribution in [-0.4, -0.2) is 58.8 Å². The van der Waals surface area contributed by atoms with Gasteiger partial charge >= 0.3 is 6.18 Å². The third-order valence-electron chi connectivity index (χ3n) is 7.12. The van der Waals surface area contributed by atoms with Crippen molar-refractivity contribution in [3.63, 3.8) is 0 Å². The van der Waals surface area contributed by atoms with Gasteiger partial charge in [-0.1, -0.05) is 11.2 Å². The third-order valence-corrected chi connectivity index (χ3v) is 7.12. The third kappa shape index (κ3) is 5.64. The summed E-state index contributed by atoms with van der Waals surface area (Å²) in [5, 5.41) is 4.53. The zero-order valence-electron chi connectivity index (χ0n) is 23.2. The molecule has 1 aliphatic rings. The van der Waals surface area contributed by atoms with Crippen molar-refractivity contribution in [2.45, 2.75) is 32.0 Å². The van der Waals surface area contributed by atoms with Gasteiger partial charge in [-0.25, -0.2) is 9.97 Å². The number of likely N-dealkylation sites (tertiary alicyclic amines) is 1. The maximum atomic E-state index is 13.7. The summed E-state index contributed by atoms with van der Waals surface area (Å²) >= 11 is 0. The number of carbonyl (C=O) groups is 1. The van der Waals surface area contributed by atoms with Crippen LogP contribution in [0, 0.1) is 5.92 Å². The summed E-state index contributed by atoms with van der Waals surface area (Å²) in [5.41, 5.74) is 6.93. The molecule has 0 saturated carbocycles. The average molecular weight is 583 g/mol. The number of ether oxygens (including phenoxy) is 1. The lowest BCUT2D eigenvalue weighted by Gasteiger charge is -2.32. The molecule has 1 aromatic carbocycles. The van der Waals surface area contributed by atoms with Gasteiger partial charge in [-0.2, -0.15) is 13.2 Å². The molecular weight excluding hydrogens is 553 g/mol. The number of alkyl halides is 3. The molecule has 0 aliphatic carbocycles. The lowest BCUT2D eigenvalue weighted by molar-refractivity contribution is -0.140. The van der Waals surface area contributed by atoms with Crippen LogP contribution in [0.25, 0.3) is 22.4 Å². The predicted molar refractivity (Wildman–Crippen MR) is 148 cm³/mol. The Morgan fingerprint density at radius 1 is 1.12 bits per heavy atom. The molecule has 13 heteroatoms. The molecule has 1 amide bonds. The summed E-state index contributed by atoms with van der Waals surface area (Å²) < 4.78 is 51.4. The van der Waals surface area contributed by atoms with E-state index in [1.807, 2.05) is 18.2 Å². The minimum Gasteiger partial charge on any atom is -0.494 e. The van der Waals surface area contributed by atoms with E-state index < -0.39 is 17.9 Å². The van der Waals surface area contributed by atoms with Gasteiger partial charge in [-0.3, -0.25) is 9.78 Å². The van der Waals surface area contributed by atoms with Crippen LogP contribution in [0.15, 0.2) is 58.2 Å². The molecule has 0 bridgehead atoms. The highest BCUT2D eigenvalue weighted by atomic mass is 19.4. The highest BCUT2D eigenvalue weighted by Crippen LogP contribution is 2.37. The van der Waals surface area contributed by atoms with E-state index in [0.29, 0.717) is 42.6 Å². The lowest BCUT2D eigenvalue weighted by atomic mass is 9.90. The number of aromatic nitrogens is 3. The fraction of sp³-hybridized carbons (Fsp3) is 0.345. The topological polar surface area (TPSA) is 129 Å². The maximum Gasteiger partial charge on any atom is 0.433 e. The first kappa shape index (κ1) is 29.0. The second kappa shape index (κ2) is 11.8. The molecular formula is C29H29F3N6O4. The summed E-state index contributed by atoms with van der Waals surface area (Å²) in [6, 6.07) is 10.1. The van der Waals surface area contributed by atoms with Crippen molar-refractivity contribution in [3.05, 3.63) is 71.5 Å². The molecule has 5 rings (SSSR count). The van der Waals surface area contributed by atoms with Crippen molar-refractivity contribution in [1.82, 2.24) is 19.9 Å². The van der Waals surface area contributed by atoms with Crippen LogP contribution in [0.2, 0.25) is 0 Å². The van der Waals surface area contributed by atoms with Gasteiger partial charge in [0.25, 0.3) is 5.91 Å². The van der Waals surface area contributed by atoms with Crippen molar-refractivity contribution in [2.24, 2.45) is 16.8 Å². The van der Waals surface area contributed by atoms with Gasteiger partial charge in [0, 0.05) is 36.2 Å². The van der Waals surface area contributed by atoms with Gasteiger partial charge in [0.1, 0.15) is 29.8 Å². The van der Waals surface area contributed by atoms with E-state index in [0.717, 1.165) is 11.8 Å². The molecule has 220 valence electrons. The molecule has 1 saturated heterocycles. The Morgan fingerprint density at radius 3 is 2.50 bits per heavy atom. The number of amides is 1. The van der Waals surface area contributed by atoms with Gasteiger partial charge in [-0.05, 0) is 56.2 Å². The zero-order valence-corrected chi connectivity index (χ0v) is 23.2. The molecule has 0 radical (unpaired) electrons. The molecule has 1 atom stereocenters. The second-order valence-electron chi connectivity index (χ2n) is 9.87. The predicted octanol–water partition coefficient (Wildman–Crippen LogP) is 5.23. The fourth-order valence-corrected chi connectivity index (χ4v) is 5.06. The second-order valence-corrected chi connectivity index (χ2v) is 9.87. The van der Waals surface area contributed by atoms with Crippen LogP contribution < -0.4 is 10.5 Å². The van der Waals surface area contributed by atoms with Crippen LogP contribution in [0.4, 0.5) is 13.2 Å². The number of benzene rings is 1. The monoisotopic (exact) mass is 582 g/mol. The summed E-state index contributed by atoms with van der Waals surface area (Å²) in [4.78, 5) is 33.1. The average Bonchev–Trinajstić information content (AvgIpc) is 3.44. The van der Waals surface area contributed by atoms with E-state index in [-0.39, 0.29) is 40.4 Å². The minimum absolute atomic E-state index is 0.0123. The van der Waals surface area contributed by atoms with Gasteiger partial charge in [0.05, 0.1) is 18.8 Å². The summed E-state index contributed by atoms with van der Waals surface area (Å²) in [6.45, 7) is 2.52. The van der Waals surface area contributed by atoms with Crippen LogP contribution in [0.1, 0.15) is 53.4 Å². The molecule has 10 nitrogen and oxygen atoms in total. The number of oxazole rings is 1.